The molecule has 0 heterocycles. The fourth-order valence-electron chi connectivity index (χ4n) is 6.47. The van der Waals surface area contributed by atoms with Crippen LogP contribution in [0.2, 0.25) is 0 Å². The van der Waals surface area contributed by atoms with E-state index in [2.05, 4.69) is 5.32 Å². The molecule has 224 valence electrons. The summed E-state index contributed by atoms with van der Waals surface area (Å²) < 4.78 is 5.93. The van der Waals surface area contributed by atoms with Crippen molar-refractivity contribution in [1.29, 1.82) is 0 Å². The van der Waals surface area contributed by atoms with Gasteiger partial charge in [0.15, 0.2) is 0 Å². The van der Waals surface area contributed by atoms with Gasteiger partial charge in [-0.1, -0.05) is 140 Å². The average Bonchev–Trinajstić information content (AvgIpc) is 3.40. The highest BCUT2D eigenvalue weighted by Gasteiger charge is 2.55. The average molecular weight is 597 g/mol. The van der Waals surface area contributed by atoms with Crippen LogP contribution in [0, 0.1) is 0 Å². The lowest BCUT2D eigenvalue weighted by Crippen LogP contribution is -2.67. The number of ether oxygens (including phenoxy) is 1. The van der Waals surface area contributed by atoms with Crippen LogP contribution in [0.4, 0.5) is 0 Å². The van der Waals surface area contributed by atoms with Gasteiger partial charge in [-0.25, -0.2) is 9.59 Å². The predicted molar refractivity (Wildman–Crippen MR) is 171 cm³/mol. The Bertz CT molecular complexity index is 1700. The molecule has 0 spiro atoms. The SMILES string of the molecule is NC(=O)C[C@](NC(c1ccccc1)(c1ccccc1)c1ccccc1)(C(=O)O)C(=O)OCC1c2ccccc2-c2ccccc21. The molecule has 0 unspecified atom stereocenters. The first kappa shape index (κ1) is 29.5. The Morgan fingerprint density at radius 1 is 0.644 bits per heavy atom. The Morgan fingerprint density at radius 3 is 1.44 bits per heavy atom. The highest BCUT2D eigenvalue weighted by molar-refractivity contribution is 6.07. The molecule has 0 bridgehead atoms. The quantitative estimate of drug-likeness (QED) is 0.103. The van der Waals surface area contributed by atoms with E-state index in [9.17, 15) is 19.5 Å². The van der Waals surface area contributed by atoms with Crippen LogP contribution in [0.3, 0.4) is 0 Å². The summed E-state index contributed by atoms with van der Waals surface area (Å²) in [4.78, 5) is 40.3. The highest BCUT2D eigenvalue weighted by Crippen LogP contribution is 2.45. The Balaban J connectivity index is 1.47. The maximum absolute atomic E-state index is 14.3. The number of rotatable bonds is 11. The summed E-state index contributed by atoms with van der Waals surface area (Å²) >= 11 is 0. The molecule has 0 saturated carbocycles. The van der Waals surface area contributed by atoms with Crippen molar-refractivity contribution in [3.8, 4) is 11.1 Å². The first-order valence-corrected chi connectivity index (χ1v) is 14.7. The number of hydrogen-bond donors (Lipinski definition) is 3. The highest BCUT2D eigenvalue weighted by atomic mass is 16.5. The summed E-state index contributed by atoms with van der Waals surface area (Å²) in [5, 5.41) is 14.1. The number of primary amides is 1. The number of carbonyl (C=O) groups is 3. The van der Waals surface area contributed by atoms with E-state index in [1.54, 1.807) is 0 Å². The van der Waals surface area contributed by atoms with Gasteiger partial charge in [0.05, 0.1) is 12.0 Å². The molecule has 5 aromatic rings. The molecule has 0 saturated heterocycles. The third kappa shape index (κ3) is 5.28. The van der Waals surface area contributed by atoms with Gasteiger partial charge in [-0.15, -0.1) is 0 Å². The predicted octanol–water partition coefficient (Wildman–Crippen LogP) is 5.62. The van der Waals surface area contributed by atoms with Crippen molar-refractivity contribution >= 4 is 17.8 Å². The minimum Gasteiger partial charge on any atom is -0.479 e. The number of benzene rings is 5. The third-order valence-electron chi connectivity index (χ3n) is 8.52. The van der Waals surface area contributed by atoms with Crippen LogP contribution in [0.25, 0.3) is 11.1 Å². The van der Waals surface area contributed by atoms with Crippen molar-refractivity contribution in [3.63, 3.8) is 0 Å². The van der Waals surface area contributed by atoms with Crippen molar-refractivity contribution in [2.24, 2.45) is 5.73 Å². The molecule has 7 nitrogen and oxygen atoms in total. The van der Waals surface area contributed by atoms with E-state index in [1.165, 1.54) is 0 Å². The van der Waals surface area contributed by atoms with Crippen LogP contribution in [0.1, 0.15) is 40.2 Å². The molecular formula is C38H32N2O5. The molecule has 1 amide bonds. The van der Waals surface area contributed by atoms with Crippen molar-refractivity contribution in [2.45, 2.75) is 23.4 Å². The van der Waals surface area contributed by atoms with Crippen molar-refractivity contribution in [2.75, 3.05) is 6.61 Å². The first-order chi connectivity index (χ1) is 21.9. The van der Waals surface area contributed by atoms with Crippen molar-refractivity contribution in [1.82, 2.24) is 5.32 Å². The van der Waals surface area contributed by atoms with Crippen LogP contribution in [0.5, 0.6) is 0 Å². The monoisotopic (exact) mass is 596 g/mol. The maximum Gasteiger partial charge on any atom is 0.338 e. The maximum atomic E-state index is 14.3. The largest absolute Gasteiger partial charge is 0.479 e. The molecule has 5 aromatic carbocycles. The van der Waals surface area contributed by atoms with E-state index < -0.39 is 35.3 Å². The number of carboxylic acid groups (broad SMARTS) is 1. The summed E-state index contributed by atoms with van der Waals surface area (Å²) in [6, 6.07) is 43.4. The zero-order chi connectivity index (χ0) is 31.4. The smallest absolute Gasteiger partial charge is 0.338 e. The van der Waals surface area contributed by atoms with E-state index in [4.69, 9.17) is 10.5 Å². The number of carbonyl (C=O) groups excluding carboxylic acids is 2. The summed E-state index contributed by atoms with van der Waals surface area (Å²) in [5.41, 5.74) is 7.72. The normalized spacial score (nSPS) is 13.7. The molecule has 45 heavy (non-hydrogen) atoms. The van der Waals surface area contributed by atoms with Gasteiger partial charge in [0, 0.05) is 5.92 Å². The lowest BCUT2D eigenvalue weighted by molar-refractivity contribution is -0.166. The molecule has 6 rings (SSSR count). The fraction of sp³-hybridized carbons (Fsp3) is 0.132. The lowest BCUT2D eigenvalue weighted by Gasteiger charge is -2.43. The number of carboxylic acids is 1. The molecule has 0 fully saturated rings. The molecule has 1 atom stereocenters. The number of esters is 1. The van der Waals surface area contributed by atoms with Gasteiger partial charge in [0.2, 0.25) is 11.4 Å². The standard InChI is InChI=1S/C38H32N2O5/c39-34(41)24-37(35(42)43,36(44)45-25-33-31-22-12-10-20-29(31)30-21-11-13-23-32(30)33)40-38(26-14-4-1-5-15-26,27-16-6-2-7-17-27)28-18-8-3-9-19-28/h1-23,33,40H,24-25H2,(H2,39,41)(H,42,43)/t37-/m0/s1. The molecular weight excluding hydrogens is 564 g/mol. The zero-order valence-corrected chi connectivity index (χ0v) is 24.4. The van der Waals surface area contributed by atoms with Gasteiger partial charge in [0.25, 0.3) is 0 Å². The first-order valence-electron chi connectivity index (χ1n) is 14.7. The Morgan fingerprint density at radius 2 is 1.04 bits per heavy atom. The number of amides is 1. The molecule has 0 radical (unpaired) electrons. The molecule has 0 aromatic heterocycles. The summed E-state index contributed by atoms with van der Waals surface area (Å²) in [7, 11) is 0. The summed E-state index contributed by atoms with van der Waals surface area (Å²) in [6.07, 6.45) is -0.840. The fourth-order valence-corrected chi connectivity index (χ4v) is 6.47. The van der Waals surface area contributed by atoms with E-state index >= 15 is 0 Å². The number of fused-ring (bicyclic) bond motifs is 3. The van der Waals surface area contributed by atoms with E-state index in [0.29, 0.717) is 16.7 Å². The second-order valence-electron chi connectivity index (χ2n) is 11.2. The molecule has 7 heteroatoms. The van der Waals surface area contributed by atoms with Gasteiger partial charge in [-0.3, -0.25) is 10.1 Å². The molecule has 1 aliphatic carbocycles. The van der Waals surface area contributed by atoms with Gasteiger partial charge < -0.3 is 15.6 Å². The molecule has 0 aliphatic heterocycles. The topological polar surface area (TPSA) is 119 Å². The minimum atomic E-state index is -2.55. The Labute approximate surface area is 261 Å². The van der Waals surface area contributed by atoms with E-state index in [-0.39, 0.29) is 12.5 Å². The Kier molecular flexibility index (Phi) is 8.02. The molecule has 1 aliphatic rings. The van der Waals surface area contributed by atoms with Gasteiger partial charge in [-0.05, 0) is 38.9 Å². The van der Waals surface area contributed by atoms with Crippen LogP contribution in [0.15, 0.2) is 140 Å². The Hall–Kier alpha value is -5.53. The second kappa shape index (κ2) is 12.2. The van der Waals surface area contributed by atoms with Crippen LogP contribution in [-0.2, 0) is 24.7 Å². The van der Waals surface area contributed by atoms with E-state index in [0.717, 1.165) is 22.3 Å². The lowest BCUT2D eigenvalue weighted by atomic mass is 9.74. The van der Waals surface area contributed by atoms with E-state index in [1.807, 2.05) is 140 Å². The summed E-state index contributed by atoms with van der Waals surface area (Å²) in [6.45, 7) is -0.128. The second-order valence-corrected chi connectivity index (χ2v) is 11.2. The van der Waals surface area contributed by atoms with Gasteiger partial charge >= 0.3 is 11.9 Å². The number of aliphatic carboxylic acids is 1. The van der Waals surface area contributed by atoms with Gasteiger partial charge in [0.1, 0.15) is 6.61 Å². The van der Waals surface area contributed by atoms with Crippen molar-refractivity contribution in [3.05, 3.63) is 167 Å². The zero-order valence-electron chi connectivity index (χ0n) is 24.4. The minimum absolute atomic E-state index is 0.128. The number of nitrogens with two attached hydrogens (primary N) is 1. The van der Waals surface area contributed by atoms with Crippen LogP contribution < -0.4 is 11.1 Å². The van der Waals surface area contributed by atoms with Gasteiger partial charge in [-0.2, -0.15) is 0 Å². The number of nitrogens with one attached hydrogen (secondary N) is 1. The molecule has 4 N–H and O–H groups in total. The number of hydrogen-bond acceptors (Lipinski definition) is 5. The van der Waals surface area contributed by atoms with Crippen molar-refractivity contribution < 1.29 is 24.2 Å². The van der Waals surface area contributed by atoms with Crippen LogP contribution >= 0.6 is 0 Å². The van der Waals surface area contributed by atoms with Crippen LogP contribution in [-0.4, -0.2) is 35.1 Å². The third-order valence-corrected chi connectivity index (χ3v) is 8.52. The summed E-state index contributed by atoms with van der Waals surface area (Å²) in [5.74, 6) is -3.97.